The number of rotatable bonds is 11. The Balaban J connectivity index is 2.01. The minimum absolute atomic E-state index is 0.197. The summed E-state index contributed by atoms with van der Waals surface area (Å²) < 4.78 is 5.83. The summed E-state index contributed by atoms with van der Waals surface area (Å²) in [4.78, 5) is 11.6. The lowest BCUT2D eigenvalue weighted by molar-refractivity contribution is -0.133. The highest BCUT2D eigenvalue weighted by Gasteiger charge is 2.21. The van der Waals surface area contributed by atoms with E-state index < -0.39 is 0 Å². The normalized spacial score (nSPS) is 14.3. The fraction of sp³-hybridized carbons (Fsp3) is 0.706. The van der Waals surface area contributed by atoms with E-state index in [0.29, 0.717) is 9.15 Å². The Hall–Kier alpha value is -0.0900. The number of esters is 1. The van der Waals surface area contributed by atoms with Crippen LogP contribution in [-0.4, -0.2) is 5.97 Å². The summed E-state index contributed by atoms with van der Waals surface area (Å²) in [6, 6.07) is 0. The molecule has 0 aromatic rings. The summed E-state index contributed by atoms with van der Waals surface area (Å²) in [5.41, 5.74) is 0.793. The van der Waals surface area contributed by atoms with Gasteiger partial charge in [0.25, 0.3) is 0 Å². The number of hydrogen-bond acceptors (Lipinski definition) is 2. The maximum atomic E-state index is 11.6. The number of carbonyl (C=O) groups excluding carboxylic acids is 1. The molecule has 0 saturated carbocycles. The van der Waals surface area contributed by atoms with E-state index in [9.17, 15) is 4.79 Å². The van der Waals surface area contributed by atoms with Crippen molar-refractivity contribution in [2.24, 2.45) is 0 Å². The number of carbonyl (C=O) groups is 1. The van der Waals surface area contributed by atoms with Gasteiger partial charge in [-0.05, 0) is 50.8 Å². The molecule has 0 atom stereocenters. The topological polar surface area (TPSA) is 26.3 Å². The Bertz CT molecular complexity index is 382. The molecule has 2 nitrogen and oxygen atoms in total. The van der Waals surface area contributed by atoms with Gasteiger partial charge in [0, 0.05) is 5.57 Å². The van der Waals surface area contributed by atoms with Crippen LogP contribution in [0.2, 0.25) is 0 Å². The van der Waals surface area contributed by atoms with Crippen molar-refractivity contribution in [2.75, 3.05) is 0 Å². The zero-order valence-electron chi connectivity index (χ0n) is 12.9. The van der Waals surface area contributed by atoms with Crippen LogP contribution in [0.3, 0.4) is 0 Å². The molecule has 0 aromatic heterocycles. The first-order valence-electron chi connectivity index (χ1n) is 8.13. The molecular formula is C17H26Br2O2. The van der Waals surface area contributed by atoms with E-state index >= 15 is 0 Å². The van der Waals surface area contributed by atoms with Crippen molar-refractivity contribution in [3.05, 3.63) is 20.8 Å². The van der Waals surface area contributed by atoms with Crippen molar-refractivity contribution in [2.45, 2.75) is 77.6 Å². The second kappa shape index (κ2) is 11.5. The summed E-state index contributed by atoms with van der Waals surface area (Å²) in [6.07, 6.45) is 15.8. The molecule has 0 bridgehead atoms. The predicted octanol–water partition coefficient (Wildman–Crippen LogP) is 6.74. The maximum absolute atomic E-state index is 11.6. The highest BCUT2D eigenvalue weighted by molar-refractivity contribution is 9.28. The fourth-order valence-electron chi connectivity index (χ4n) is 2.48. The van der Waals surface area contributed by atoms with Gasteiger partial charge in [-0.2, -0.15) is 0 Å². The van der Waals surface area contributed by atoms with E-state index in [1.807, 2.05) is 6.08 Å². The minimum Gasteiger partial charge on any atom is -0.421 e. The average Bonchev–Trinajstić information content (AvgIpc) is 2.82. The number of hydrogen-bond donors (Lipinski definition) is 0. The highest BCUT2D eigenvalue weighted by atomic mass is 79.9. The zero-order valence-corrected chi connectivity index (χ0v) is 16.1. The van der Waals surface area contributed by atoms with Crippen LogP contribution >= 0.6 is 31.9 Å². The monoisotopic (exact) mass is 420 g/mol. The molecule has 1 aliphatic rings. The molecule has 0 saturated heterocycles. The molecule has 1 heterocycles. The number of cyclic esters (lactones) is 1. The van der Waals surface area contributed by atoms with E-state index in [0.717, 1.165) is 18.4 Å². The van der Waals surface area contributed by atoms with Gasteiger partial charge in [-0.25, -0.2) is 4.79 Å². The van der Waals surface area contributed by atoms with Crippen LogP contribution in [0, 0.1) is 0 Å². The first-order valence-corrected chi connectivity index (χ1v) is 9.71. The van der Waals surface area contributed by atoms with Gasteiger partial charge in [0.1, 0.15) is 3.39 Å². The first-order chi connectivity index (χ1) is 10.1. The van der Waals surface area contributed by atoms with E-state index in [4.69, 9.17) is 4.74 Å². The van der Waals surface area contributed by atoms with Crippen molar-refractivity contribution in [3.63, 3.8) is 0 Å². The summed E-state index contributed by atoms with van der Waals surface area (Å²) >= 11 is 6.53. The minimum atomic E-state index is -0.197. The average molecular weight is 422 g/mol. The molecule has 0 N–H and O–H groups in total. The lowest BCUT2D eigenvalue weighted by atomic mass is 10.0. The van der Waals surface area contributed by atoms with E-state index in [1.165, 1.54) is 57.8 Å². The SMILES string of the molecule is CCCCCCCCCCCCC1=CC(=C(Br)Br)OC1=O. The van der Waals surface area contributed by atoms with Crippen molar-refractivity contribution < 1.29 is 9.53 Å². The van der Waals surface area contributed by atoms with Crippen LogP contribution in [0.15, 0.2) is 20.8 Å². The summed E-state index contributed by atoms with van der Waals surface area (Å²) in [5, 5.41) is 0. The van der Waals surface area contributed by atoms with Crippen LogP contribution in [0.4, 0.5) is 0 Å². The van der Waals surface area contributed by atoms with Gasteiger partial charge in [0.2, 0.25) is 0 Å². The molecule has 4 heteroatoms. The number of unbranched alkanes of at least 4 members (excludes halogenated alkanes) is 9. The molecule has 0 aliphatic carbocycles. The van der Waals surface area contributed by atoms with E-state index in [2.05, 4.69) is 38.8 Å². The molecule has 0 aromatic carbocycles. The molecule has 0 amide bonds. The van der Waals surface area contributed by atoms with Crippen LogP contribution in [0.5, 0.6) is 0 Å². The van der Waals surface area contributed by atoms with Gasteiger partial charge in [0.05, 0.1) is 0 Å². The third kappa shape index (κ3) is 8.20. The van der Waals surface area contributed by atoms with Crippen LogP contribution in [0.1, 0.15) is 77.6 Å². The largest absolute Gasteiger partial charge is 0.421 e. The van der Waals surface area contributed by atoms with Crippen molar-refractivity contribution in [1.29, 1.82) is 0 Å². The molecule has 0 fully saturated rings. The van der Waals surface area contributed by atoms with E-state index in [1.54, 1.807) is 0 Å². The molecular weight excluding hydrogens is 396 g/mol. The van der Waals surface area contributed by atoms with Gasteiger partial charge in [-0.15, -0.1) is 0 Å². The van der Waals surface area contributed by atoms with Crippen LogP contribution in [-0.2, 0) is 9.53 Å². The van der Waals surface area contributed by atoms with Gasteiger partial charge >= 0.3 is 5.97 Å². The molecule has 0 spiro atoms. The van der Waals surface area contributed by atoms with E-state index in [-0.39, 0.29) is 5.97 Å². The molecule has 21 heavy (non-hydrogen) atoms. The third-order valence-corrected chi connectivity index (χ3v) is 4.54. The van der Waals surface area contributed by atoms with Crippen molar-refractivity contribution in [1.82, 2.24) is 0 Å². The summed E-state index contributed by atoms with van der Waals surface area (Å²) in [6.45, 7) is 2.25. The Kier molecular flexibility index (Phi) is 10.4. The second-order valence-electron chi connectivity index (χ2n) is 5.62. The Morgan fingerprint density at radius 2 is 1.48 bits per heavy atom. The lowest BCUT2D eigenvalue weighted by Gasteiger charge is -2.02. The Morgan fingerprint density at radius 1 is 0.952 bits per heavy atom. The maximum Gasteiger partial charge on any atom is 0.339 e. The second-order valence-corrected chi connectivity index (χ2v) is 8.27. The predicted molar refractivity (Wildman–Crippen MR) is 95.5 cm³/mol. The highest BCUT2D eigenvalue weighted by Crippen LogP contribution is 2.29. The number of allylic oxidation sites excluding steroid dienone is 1. The van der Waals surface area contributed by atoms with Gasteiger partial charge in [-0.1, -0.05) is 64.7 Å². The van der Waals surface area contributed by atoms with Gasteiger partial charge in [-0.3, -0.25) is 0 Å². The fourth-order valence-corrected chi connectivity index (χ4v) is 2.87. The Labute approximate surface area is 145 Å². The Morgan fingerprint density at radius 3 is 1.95 bits per heavy atom. The number of ether oxygens (including phenoxy) is 1. The number of halogens is 2. The first kappa shape index (κ1) is 19.0. The summed E-state index contributed by atoms with van der Waals surface area (Å²) in [7, 11) is 0. The van der Waals surface area contributed by atoms with Crippen molar-refractivity contribution in [3.8, 4) is 0 Å². The third-order valence-electron chi connectivity index (χ3n) is 3.76. The smallest absolute Gasteiger partial charge is 0.339 e. The zero-order chi connectivity index (χ0) is 15.5. The standard InChI is InChI=1S/C17H26Br2O2/c1-2-3-4-5-6-7-8-9-10-11-12-14-13-15(16(18)19)21-17(14)20/h13H,2-12H2,1H3. The molecule has 1 aliphatic heterocycles. The van der Waals surface area contributed by atoms with Crippen LogP contribution in [0.25, 0.3) is 0 Å². The van der Waals surface area contributed by atoms with Crippen molar-refractivity contribution >= 4 is 37.8 Å². The quantitative estimate of drug-likeness (QED) is 0.272. The molecule has 1 rings (SSSR count). The molecule has 120 valence electrons. The van der Waals surface area contributed by atoms with Gasteiger partial charge < -0.3 is 4.74 Å². The van der Waals surface area contributed by atoms with Gasteiger partial charge in [0.15, 0.2) is 5.76 Å². The molecule has 0 radical (unpaired) electrons. The summed E-state index contributed by atoms with van der Waals surface area (Å²) in [5.74, 6) is 0.388. The lowest BCUT2D eigenvalue weighted by Crippen LogP contribution is -1.98. The molecule has 0 unspecified atom stereocenters. The van der Waals surface area contributed by atoms with Crippen LogP contribution < -0.4 is 0 Å².